The molecule has 0 unspecified atom stereocenters. The Bertz CT molecular complexity index is 671. The molecule has 108 valence electrons. The molecule has 2 rings (SSSR count). The van der Waals surface area contributed by atoms with E-state index in [2.05, 4.69) is 0 Å². The number of nitro benzene ring substituents is 1. The first-order valence-corrected chi connectivity index (χ1v) is 6.33. The smallest absolute Gasteiger partial charge is 0.304 e. The van der Waals surface area contributed by atoms with Crippen LogP contribution in [-0.2, 0) is 6.54 Å². The highest BCUT2D eigenvalue weighted by atomic mass is 16.6. The summed E-state index contributed by atoms with van der Waals surface area (Å²) in [6.45, 7) is 0.367. The third kappa shape index (κ3) is 3.17. The molecule has 0 heterocycles. The van der Waals surface area contributed by atoms with Gasteiger partial charge in [-0.3, -0.25) is 14.9 Å². The number of nitrogens with two attached hydrogens (primary N) is 1. The minimum absolute atomic E-state index is 0.00145. The van der Waals surface area contributed by atoms with Crippen molar-refractivity contribution in [2.24, 2.45) is 0 Å². The van der Waals surface area contributed by atoms with Crippen molar-refractivity contribution >= 4 is 17.3 Å². The van der Waals surface area contributed by atoms with Crippen molar-refractivity contribution < 1.29 is 9.72 Å². The summed E-state index contributed by atoms with van der Waals surface area (Å²) >= 11 is 0. The summed E-state index contributed by atoms with van der Waals surface area (Å²) in [5, 5.41) is 11.1. The van der Waals surface area contributed by atoms with Gasteiger partial charge in [-0.2, -0.15) is 0 Å². The Hall–Kier alpha value is -2.89. The standard InChI is InChI=1S/C15H15N3O3/c1-17(10-11-6-3-2-4-7-11)15(19)12-8-5-9-13(16)14(12)18(20)21/h2-9H,10,16H2,1H3. The summed E-state index contributed by atoms with van der Waals surface area (Å²) in [6.07, 6.45) is 0. The molecule has 0 atom stereocenters. The van der Waals surface area contributed by atoms with Crippen molar-refractivity contribution in [3.8, 4) is 0 Å². The minimum Gasteiger partial charge on any atom is -0.393 e. The van der Waals surface area contributed by atoms with Gasteiger partial charge in [-0.1, -0.05) is 36.4 Å². The number of para-hydroxylation sites is 1. The van der Waals surface area contributed by atoms with E-state index in [-0.39, 0.29) is 16.9 Å². The molecule has 0 fully saturated rings. The zero-order chi connectivity index (χ0) is 15.4. The molecule has 0 aliphatic carbocycles. The van der Waals surface area contributed by atoms with Crippen LogP contribution in [-0.4, -0.2) is 22.8 Å². The molecule has 0 saturated carbocycles. The zero-order valence-electron chi connectivity index (χ0n) is 11.5. The number of nitrogen functional groups attached to an aromatic ring is 1. The lowest BCUT2D eigenvalue weighted by molar-refractivity contribution is -0.384. The Labute approximate surface area is 121 Å². The van der Waals surface area contributed by atoms with Crippen molar-refractivity contribution in [1.29, 1.82) is 0 Å². The molecule has 0 aliphatic heterocycles. The fraction of sp³-hybridized carbons (Fsp3) is 0.133. The van der Waals surface area contributed by atoms with Gasteiger partial charge in [0.1, 0.15) is 11.3 Å². The highest BCUT2D eigenvalue weighted by Crippen LogP contribution is 2.27. The first-order valence-electron chi connectivity index (χ1n) is 6.33. The number of hydrogen-bond acceptors (Lipinski definition) is 4. The van der Waals surface area contributed by atoms with Crippen LogP contribution >= 0.6 is 0 Å². The minimum atomic E-state index is -0.626. The van der Waals surface area contributed by atoms with Crippen molar-refractivity contribution in [1.82, 2.24) is 4.90 Å². The second-order valence-corrected chi connectivity index (χ2v) is 4.65. The molecule has 0 spiro atoms. The number of nitrogens with zero attached hydrogens (tertiary/aromatic N) is 2. The van der Waals surface area contributed by atoms with Crippen LogP contribution in [0.2, 0.25) is 0 Å². The third-order valence-corrected chi connectivity index (χ3v) is 3.09. The van der Waals surface area contributed by atoms with E-state index in [1.807, 2.05) is 30.3 Å². The number of carbonyl (C=O) groups is 1. The molecule has 6 heteroatoms. The fourth-order valence-electron chi connectivity index (χ4n) is 2.07. The summed E-state index contributed by atoms with van der Waals surface area (Å²) in [5.41, 5.74) is 6.18. The summed E-state index contributed by atoms with van der Waals surface area (Å²) in [7, 11) is 1.60. The molecule has 0 radical (unpaired) electrons. The predicted octanol–water partition coefficient (Wildman–Crippen LogP) is 2.45. The molecule has 2 aromatic rings. The van der Waals surface area contributed by atoms with E-state index >= 15 is 0 Å². The molecular formula is C15H15N3O3. The molecular weight excluding hydrogens is 270 g/mol. The molecule has 6 nitrogen and oxygen atoms in total. The van der Waals surface area contributed by atoms with Gasteiger partial charge in [0, 0.05) is 13.6 Å². The van der Waals surface area contributed by atoms with E-state index in [4.69, 9.17) is 5.73 Å². The number of anilines is 1. The van der Waals surface area contributed by atoms with Gasteiger partial charge in [0.15, 0.2) is 0 Å². The monoisotopic (exact) mass is 285 g/mol. The SMILES string of the molecule is CN(Cc1ccccc1)C(=O)c1cccc(N)c1[N+](=O)[O-]. The van der Waals surface area contributed by atoms with Gasteiger partial charge < -0.3 is 10.6 Å². The van der Waals surface area contributed by atoms with E-state index in [1.165, 1.54) is 23.1 Å². The number of hydrogen-bond donors (Lipinski definition) is 1. The number of benzene rings is 2. The van der Waals surface area contributed by atoms with Crippen LogP contribution in [0.3, 0.4) is 0 Å². The Morgan fingerprint density at radius 1 is 1.19 bits per heavy atom. The molecule has 21 heavy (non-hydrogen) atoms. The quantitative estimate of drug-likeness (QED) is 0.531. The summed E-state index contributed by atoms with van der Waals surface area (Å²) < 4.78 is 0. The van der Waals surface area contributed by atoms with Gasteiger partial charge in [-0.05, 0) is 17.7 Å². The van der Waals surface area contributed by atoms with E-state index in [0.29, 0.717) is 6.54 Å². The topological polar surface area (TPSA) is 89.5 Å². The summed E-state index contributed by atoms with van der Waals surface area (Å²) in [4.78, 5) is 24.3. The molecule has 1 amide bonds. The number of carbonyl (C=O) groups excluding carboxylic acids is 1. The van der Waals surface area contributed by atoms with E-state index in [0.717, 1.165) is 5.56 Å². The Kier molecular flexibility index (Phi) is 4.18. The second-order valence-electron chi connectivity index (χ2n) is 4.65. The molecule has 2 aromatic carbocycles. The van der Waals surface area contributed by atoms with E-state index in [9.17, 15) is 14.9 Å². The molecule has 0 bridgehead atoms. The predicted molar refractivity (Wildman–Crippen MR) is 79.7 cm³/mol. The van der Waals surface area contributed by atoms with Crippen LogP contribution < -0.4 is 5.73 Å². The average molecular weight is 285 g/mol. The van der Waals surface area contributed by atoms with Crippen LogP contribution in [0, 0.1) is 10.1 Å². The van der Waals surface area contributed by atoms with Gasteiger partial charge in [-0.15, -0.1) is 0 Å². The van der Waals surface area contributed by atoms with Gasteiger partial charge in [0.05, 0.1) is 4.92 Å². The number of rotatable bonds is 4. The second kappa shape index (κ2) is 6.04. The maximum atomic E-state index is 12.4. The maximum absolute atomic E-state index is 12.4. The summed E-state index contributed by atoms with van der Waals surface area (Å²) in [6, 6.07) is 13.8. The lowest BCUT2D eigenvalue weighted by Gasteiger charge is -2.17. The Morgan fingerprint density at radius 2 is 1.86 bits per heavy atom. The molecule has 0 aliphatic rings. The maximum Gasteiger partial charge on any atom is 0.304 e. The summed E-state index contributed by atoms with van der Waals surface area (Å²) in [5.74, 6) is -0.433. The highest BCUT2D eigenvalue weighted by Gasteiger charge is 2.25. The van der Waals surface area contributed by atoms with Crippen LogP contribution in [0.5, 0.6) is 0 Å². The van der Waals surface area contributed by atoms with Crippen LogP contribution in [0.4, 0.5) is 11.4 Å². The molecule has 0 saturated heterocycles. The lowest BCUT2D eigenvalue weighted by Crippen LogP contribution is -2.27. The van der Waals surface area contributed by atoms with Gasteiger partial charge in [0.25, 0.3) is 5.91 Å². The van der Waals surface area contributed by atoms with Gasteiger partial charge in [-0.25, -0.2) is 0 Å². The Morgan fingerprint density at radius 3 is 2.48 bits per heavy atom. The van der Waals surface area contributed by atoms with Crippen molar-refractivity contribution in [2.75, 3.05) is 12.8 Å². The lowest BCUT2D eigenvalue weighted by atomic mass is 10.1. The molecule has 2 N–H and O–H groups in total. The first-order chi connectivity index (χ1) is 10.0. The van der Waals surface area contributed by atoms with Crippen molar-refractivity contribution in [3.63, 3.8) is 0 Å². The highest BCUT2D eigenvalue weighted by molar-refractivity contribution is 6.00. The van der Waals surface area contributed by atoms with Crippen LogP contribution in [0.25, 0.3) is 0 Å². The van der Waals surface area contributed by atoms with E-state index in [1.54, 1.807) is 7.05 Å². The van der Waals surface area contributed by atoms with Crippen LogP contribution in [0.1, 0.15) is 15.9 Å². The third-order valence-electron chi connectivity index (χ3n) is 3.09. The largest absolute Gasteiger partial charge is 0.393 e. The number of nitro groups is 1. The average Bonchev–Trinajstić information content (AvgIpc) is 2.46. The zero-order valence-corrected chi connectivity index (χ0v) is 11.5. The Balaban J connectivity index is 2.28. The van der Waals surface area contributed by atoms with Crippen molar-refractivity contribution in [2.45, 2.75) is 6.54 Å². The van der Waals surface area contributed by atoms with Crippen molar-refractivity contribution in [3.05, 3.63) is 69.8 Å². The van der Waals surface area contributed by atoms with Crippen LogP contribution in [0.15, 0.2) is 48.5 Å². The normalized spacial score (nSPS) is 10.1. The fourth-order valence-corrected chi connectivity index (χ4v) is 2.07. The molecule has 0 aromatic heterocycles. The van der Waals surface area contributed by atoms with Gasteiger partial charge >= 0.3 is 5.69 Å². The van der Waals surface area contributed by atoms with Gasteiger partial charge in [0.2, 0.25) is 0 Å². The van der Waals surface area contributed by atoms with E-state index < -0.39 is 10.8 Å². The number of amides is 1. The first kappa shape index (κ1) is 14.5.